The average molecular weight is 254 g/mol. The molecular formula is C12H14O4S. The number of aliphatic carboxylic acids is 1. The number of sulfone groups is 1. The fourth-order valence-corrected chi connectivity index (χ4v) is 4.07. The van der Waals surface area contributed by atoms with Crippen molar-refractivity contribution in [2.45, 2.75) is 18.8 Å². The minimum absolute atomic E-state index is 0.0458. The molecule has 92 valence electrons. The van der Waals surface area contributed by atoms with Gasteiger partial charge in [0.2, 0.25) is 0 Å². The summed E-state index contributed by atoms with van der Waals surface area (Å²) in [6.07, 6.45) is 0.547. The zero-order valence-electron chi connectivity index (χ0n) is 9.30. The summed E-state index contributed by atoms with van der Waals surface area (Å²) in [6, 6.07) is 7.20. The third kappa shape index (κ3) is 2.85. The Labute approximate surface area is 100 Å². The summed E-state index contributed by atoms with van der Waals surface area (Å²) in [6.45, 7) is 0. The number of hydrogen-bond acceptors (Lipinski definition) is 3. The van der Waals surface area contributed by atoms with Crippen LogP contribution in [0.4, 0.5) is 0 Å². The van der Waals surface area contributed by atoms with E-state index in [0.29, 0.717) is 6.42 Å². The highest BCUT2D eigenvalue weighted by atomic mass is 32.2. The van der Waals surface area contributed by atoms with Crippen LogP contribution < -0.4 is 0 Å². The summed E-state index contributed by atoms with van der Waals surface area (Å²) in [7, 11) is -2.94. The molecule has 5 heteroatoms. The first kappa shape index (κ1) is 12.1. The van der Waals surface area contributed by atoms with Crippen molar-refractivity contribution in [2.24, 2.45) is 0 Å². The van der Waals surface area contributed by atoms with Crippen LogP contribution in [0.15, 0.2) is 24.3 Å². The molecular weight excluding hydrogens is 240 g/mol. The number of benzene rings is 1. The van der Waals surface area contributed by atoms with Crippen LogP contribution >= 0.6 is 0 Å². The van der Waals surface area contributed by atoms with E-state index in [1.807, 2.05) is 12.1 Å². The Balaban J connectivity index is 2.29. The van der Waals surface area contributed by atoms with Crippen molar-refractivity contribution in [2.75, 3.05) is 11.5 Å². The number of carboxylic acids is 1. The molecule has 1 aromatic rings. The summed E-state index contributed by atoms with van der Waals surface area (Å²) < 4.78 is 22.9. The molecule has 1 heterocycles. The molecule has 0 amide bonds. The Hall–Kier alpha value is -1.36. The van der Waals surface area contributed by atoms with Crippen LogP contribution in [0, 0.1) is 0 Å². The minimum atomic E-state index is -2.94. The van der Waals surface area contributed by atoms with Crippen molar-refractivity contribution in [1.82, 2.24) is 0 Å². The monoisotopic (exact) mass is 254 g/mol. The molecule has 0 aromatic heterocycles. The summed E-state index contributed by atoms with van der Waals surface area (Å²) in [5.41, 5.74) is 1.60. The molecule has 1 saturated heterocycles. The van der Waals surface area contributed by atoms with Crippen LogP contribution in [-0.2, 0) is 21.1 Å². The fourth-order valence-electron chi connectivity index (χ4n) is 2.30. The van der Waals surface area contributed by atoms with Gasteiger partial charge in [0, 0.05) is 0 Å². The second kappa shape index (κ2) is 4.49. The Kier molecular flexibility index (Phi) is 3.19. The van der Waals surface area contributed by atoms with E-state index in [9.17, 15) is 13.2 Å². The SMILES string of the molecule is O=C(O)Cc1ccccc1C1CCS(=O)(=O)C1. The van der Waals surface area contributed by atoms with Gasteiger partial charge in [0.05, 0.1) is 17.9 Å². The highest BCUT2D eigenvalue weighted by Gasteiger charge is 2.30. The van der Waals surface area contributed by atoms with Gasteiger partial charge in [0.25, 0.3) is 0 Å². The predicted octanol–water partition coefficient (Wildman–Crippen LogP) is 1.22. The van der Waals surface area contributed by atoms with Crippen LogP contribution in [0.25, 0.3) is 0 Å². The first-order chi connectivity index (χ1) is 7.98. The Morgan fingerprint density at radius 2 is 2.06 bits per heavy atom. The smallest absolute Gasteiger partial charge is 0.307 e. The number of rotatable bonds is 3. The third-order valence-corrected chi connectivity index (χ3v) is 4.84. The lowest BCUT2D eigenvalue weighted by Gasteiger charge is -2.12. The molecule has 0 bridgehead atoms. The zero-order valence-corrected chi connectivity index (χ0v) is 10.1. The molecule has 0 saturated carbocycles. The van der Waals surface area contributed by atoms with E-state index in [-0.39, 0.29) is 23.8 Å². The third-order valence-electron chi connectivity index (χ3n) is 3.07. The molecule has 1 aromatic carbocycles. The largest absolute Gasteiger partial charge is 0.481 e. The molecule has 1 atom stereocenters. The maximum atomic E-state index is 11.4. The molecule has 1 aliphatic rings. The molecule has 1 unspecified atom stereocenters. The van der Waals surface area contributed by atoms with E-state index in [1.54, 1.807) is 12.1 Å². The molecule has 1 N–H and O–H groups in total. The van der Waals surface area contributed by atoms with Gasteiger partial charge in [-0.1, -0.05) is 24.3 Å². The van der Waals surface area contributed by atoms with Crippen LogP contribution in [0.1, 0.15) is 23.5 Å². The van der Waals surface area contributed by atoms with Crippen molar-refractivity contribution >= 4 is 15.8 Å². The standard InChI is InChI=1S/C12H14O4S/c13-12(14)7-9-3-1-2-4-11(9)10-5-6-17(15,16)8-10/h1-4,10H,5-8H2,(H,13,14). The van der Waals surface area contributed by atoms with Crippen molar-refractivity contribution < 1.29 is 18.3 Å². The van der Waals surface area contributed by atoms with Gasteiger partial charge in [-0.2, -0.15) is 0 Å². The summed E-state index contributed by atoms with van der Waals surface area (Å²) in [5, 5.41) is 8.82. The molecule has 4 nitrogen and oxygen atoms in total. The molecule has 0 aliphatic carbocycles. The molecule has 0 spiro atoms. The van der Waals surface area contributed by atoms with Crippen LogP contribution in [0.3, 0.4) is 0 Å². The number of carbonyl (C=O) groups is 1. The van der Waals surface area contributed by atoms with Crippen LogP contribution in [-0.4, -0.2) is 31.0 Å². The van der Waals surface area contributed by atoms with Crippen LogP contribution in [0.5, 0.6) is 0 Å². The molecule has 17 heavy (non-hydrogen) atoms. The first-order valence-electron chi connectivity index (χ1n) is 5.48. The predicted molar refractivity (Wildman–Crippen MR) is 63.8 cm³/mol. The summed E-state index contributed by atoms with van der Waals surface area (Å²) in [5.74, 6) is -0.586. The van der Waals surface area contributed by atoms with Gasteiger partial charge >= 0.3 is 5.97 Å². The fraction of sp³-hybridized carbons (Fsp3) is 0.417. The van der Waals surface area contributed by atoms with Gasteiger partial charge in [-0.3, -0.25) is 4.79 Å². The highest BCUT2D eigenvalue weighted by molar-refractivity contribution is 7.91. The van der Waals surface area contributed by atoms with E-state index in [0.717, 1.165) is 11.1 Å². The van der Waals surface area contributed by atoms with Gasteiger partial charge in [-0.15, -0.1) is 0 Å². The molecule has 1 aliphatic heterocycles. The lowest BCUT2D eigenvalue weighted by molar-refractivity contribution is -0.136. The zero-order chi connectivity index (χ0) is 12.5. The number of carboxylic acid groups (broad SMARTS) is 1. The minimum Gasteiger partial charge on any atom is -0.481 e. The van der Waals surface area contributed by atoms with Gasteiger partial charge in [-0.05, 0) is 23.5 Å². The van der Waals surface area contributed by atoms with Gasteiger partial charge in [-0.25, -0.2) is 8.42 Å². The Bertz CT molecular complexity index is 533. The quantitative estimate of drug-likeness (QED) is 0.880. The number of hydrogen-bond donors (Lipinski definition) is 1. The topological polar surface area (TPSA) is 71.4 Å². The van der Waals surface area contributed by atoms with E-state index in [1.165, 1.54) is 0 Å². The molecule has 1 fully saturated rings. The van der Waals surface area contributed by atoms with E-state index in [4.69, 9.17) is 5.11 Å². The maximum Gasteiger partial charge on any atom is 0.307 e. The van der Waals surface area contributed by atoms with Gasteiger partial charge in [0.15, 0.2) is 9.84 Å². The average Bonchev–Trinajstić information content (AvgIpc) is 2.59. The van der Waals surface area contributed by atoms with E-state index < -0.39 is 15.8 Å². The van der Waals surface area contributed by atoms with Crippen LogP contribution in [0.2, 0.25) is 0 Å². The van der Waals surface area contributed by atoms with Gasteiger partial charge < -0.3 is 5.11 Å². The molecule has 2 rings (SSSR count). The molecule has 0 radical (unpaired) electrons. The Morgan fingerprint density at radius 1 is 1.35 bits per heavy atom. The highest BCUT2D eigenvalue weighted by Crippen LogP contribution is 2.31. The Morgan fingerprint density at radius 3 is 2.65 bits per heavy atom. The van der Waals surface area contributed by atoms with Crippen molar-refractivity contribution in [3.05, 3.63) is 35.4 Å². The van der Waals surface area contributed by atoms with E-state index >= 15 is 0 Å². The van der Waals surface area contributed by atoms with Crippen molar-refractivity contribution in [3.8, 4) is 0 Å². The van der Waals surface area contributed by atoms with E-state index in [2.05, 4.69) is 0 Å². The maximum absolute atomic E-state index is 11.4. The second-order valence-corrected chi connectivity index (χ2v) is 6.60. The van der Waals surface area contributed by atoms with Crippen molar-refractivity contribution in [1.29, 1.82) is 0 Å². The second-order valence-electron chi connectivity index (χ2n) is 4.37. The normalized spacial score (nSPS) is 22.5. The summed E-state index contributed by atoms with van der Waals surface area (Å²) >= 11 is 0. The lowest BCUT2D eigenvalue weighted by atomic mass is 9.92. The first-order valence-corrected chi connectivity index (χ1v) is 7.30. The van der Waals surface area contributed by atoms with Gasteiger partial charge in [0.1, 0.15) is 0 Å². The summed E-state index contributed by atoms with van der Waals surface area (Å²) in [4.78, 5) is 10.7. The van der Waals surface area contributed by atoms with Crippen molar-refractivity contribution in [3.63, 3.8) is 0 Å². The lowest BCUT2D eigenvalue weighted by Crippen LogP contribution is -2.09.